The van der Waals surface area contributed by atoms with Gasteiger partial charge in [-0.15, -0.1) is 12.4 Å². The summed E-state index contributed by atoms with van der Waals surface area (Å²) in [4.78, 5) is 0. The molecule has 1 aromatic rings. The topological polar surface area (TPSA) is 26.0 Å². The van der Waals surface area contributed by atoms with Gasteiger partial charge in [-0.25, -0.2) is 8.78 Å². The first kappa shape index (κ1) is 13.1. The third-order valence-electron chi connectivity index (χ3n) is 1.64. The number of rotatable bonds is 3. The summed E-state index contributed by atoms with van der Waals surface area (Å²) in [6.07, 6.45) is 1.73. The number of nitrogens with two attached hydrogens (primary N) is 1. The third kappa shape index (κ3) is 4.35. The zero-order chi connectivity index (χ0) is 9.68. The average molecular weight is 220 g/mol. The van der Waals surface area contributed by atoms with Crippen LogP contribution in [-0.4, -0.2) is 6.54 Å². The van der Waals surface area contributed by atoms with Crippen molar-refractivity contribution in [3.8, 4) is 0 Å². The third-order valence-corrected chi connectivity index (χ3v) is 1.64. The van der Waals surface area contributed by atoms with Crippen LogP contribution in [0.1, 0.15) is 5.56 Å². The molecule has 0 unspecified atom stereocenters. The van der Waals surface area contributed by atoms with E-state index in [-0.39, 0.29) is 30.6 Å². The van der Waals surface area contributed by atoms with Crippen LogP contribution in [0, 0.1) is 5.82 Å². The van der Waals surface area contributed by atoms with Crippen molar-refractivity contribution < 1.29 is 8.78 Å². The van der Waals surface area contributed by atoms with Gasteiger partial charge in [-0.3, -0.25) is 0 Å². The van der Waals surface area contributed by atoms with Gasteiger partial charge in [0.2, 0.25) is 0 Å². The van der Waals surface area contributed by atoms with Crippen molar-refractivity contribution in [1.82, 2.24) is 0 Å². The lowest BCUT2D eigenvalue weighted by Crippen LogP contribution is -1.99. The molecule has 0 amide bonds. The first-order valence-corrected chi connectivity index (χ1v) is 4.01. The van der Waals surface area contributed by atoms with E-state index in [1.54, 1.807) is 12.1 Å². The second-order valence-electron chi connectivity index (χ2n) is 2.69. The van der Waals surface area contributed by atoms with Gasteiger partial charge in [0.15, 0.2) is 0 Å². The standard InChI is InChI=1S/C10H11F2N.ClH/c11-9-3-1-2-8(6-9)4-5-10(12)7-13;/h1-3,5-6H,4,7,13H2;1H/b10-5-;. The second-order valence-corrected chi connectivity index (χ2v) is 2.69. The number of allylic oxidation sites excluding steroid dienone is 1. The molecule has 0 aromatic heterocycles. The maximum absolute atomic E-state index is 12.6. The van der Waals surface area contributed by atoms with Gasteiger partial charge >= 0.3 is 0 Å². The highest BCUT2D eigenvalue weighted by Gasteiger charge is 1.94. The van der Waals surface area contributed by atoms with Gasteiger partial charge in [-0.05, 0) is 30.2 Å². The van der Waals surface area contributed by atoms with Gasteiger partial charge in [-0.1, -0.05) is 12.1 Å². The van der Waals surface area contributed by atoms with Crippen molar-refractivity contribution in [3.63, 3.8) is 0 Å². The van der Waals surface area contributed by atoms with Crippen LogP contribution in [-0.2, 0) is 6.42 Å². The van der Waals surface area contributed by atoms with Gasteiger partial charge < -0.3 is 5.73 Å². The Balaban J connectivity index is 0.00000169. The molecule has 0 spiro atoms. The maximum atomic E-state index is 12.6. The van der Waals surface area contributed by atoms with Crippen LogP contribution in [0.25, 0.3) is 0 Å². The normalized spacial score (nSPS) is 10.9. The number of halogens is 3. The predicted molar refractivity (Wildman–Crippen MR) is 55.6 cm³/mol. The Kier molecular flexibility index (Phi) is 6.08. The highest BCUT2D eigenvalue weighted by molar-refractivity contribution is 5.85. The lowest BCUT2D eigenvalue weighted by atomic mass is 10.1. The first-order valence-electron chi connectivity index (χ1n) is 4.01. The van der Waals surface area contributed by atoms with Crippen LogP contribution in [0.2, 0.25) is 0 Å². The van der Waals surface area contributed by atoms with E-state index in [0.29, 0.717) is 6.42 Å². The molecule has 2 N–H and O–H groups in total. The number of hydrogen-bond acceptors (Lipinski definition) is 1. The highest BCUT2D eigenvalue weighted by Crippen LogP contribution is 2.06. The second kappa shape index (κ2) is 6.51. The molecular formula is C10H12ClF2N. The molecule has 78 valence electrons. The molecule has 4 heteroatoms. The van der Waals surface area contributed by atoms with E-state index in [0.717, 1.165) is 5.56 Å². The molecule has 0 radical (unpaired) electrons. The summed E-state index contributed by atoms with van der Waals surface area (Å²) in [6.45, 7) is -0.102. The van der Waals surface area contributed by atoms with Crippen molar-refractivity contribution in [2.45, 2.75) is 6.42 Å². The molecule has 1 aromatic carbocycles. The largest absolute Gasteiger partial charge is 0.325 e. The first-order chi connectivity index (χ1) is 6.22. The Labute approximate surface area is 88.0 Å². The van der Waals surface area contributed by atoms with Crippen molar-refractivity contribution >= 4 is 12.4 Å². The van der Waals surface area contributed by atoms with E-state index in [1.165, 1.54) is 18.2 Å². The zero-order valence-electron chi connectivity index (χ0n) is 7.54. The van der Waals surface area contributed by atoms with E-state index in [9.17, 15) is 8.78 Å². The minimum atomic E-state index is -0.371. The summed E-state index contributed by atoms with van der Waals surface area (Å²) in [7, 11) is 0. The molecule has 0 saturated heterocycles. The number of benzene rings is 1. The van der Waals surface area contributed by atoms with Gasteiger partial charge in [-0.2, -0.15) is 0 Å². The summed E-state index contributed by atoms with van der Waals surface area (Å²) < 4.78 is 25.2. The Morgan fingerprint density at radius 1 is 1.43 bits per heavy atom. The summed E-state index contributed by atoms with van der Waals surface area (Å²) in [5.74, 6) is -0.677. The highest BCUT2D eigenvalue weighted by atomic mass is 35.5. The van der Waals surface area contributed by atoms with Crippen LogP contribution in [0.15, 0.2) is 36.2 Å². The molecule has 0 aliphatic carbocycles. The molecule has 14 heavy (non-hydrogen) atoms. The number of hydrogen-bond donors (Lipinski definition) is 1. The average Bonchev–Trinajstić information content (AvgIpc) is 2.14. The Bertz CT molecular complexity index is 313. The van der Waals surface area contributed by atoms with Crippen molar-refractivity contribution in [1.29, 1.82) is 0 Å². The van der Waals surface area contributed by atoms with E-state index >= 15 is 0 Å². The minimum absolute atomic E-state index is 0. The monoisotopic (exact) mass is 219 g/mol. The van der Waals surface area contributed by atoms with E-state index in [4.69, 9.17) is 5.73 Å². The van der Waals surface area contributed by atoms with Crippen molar-refractivity contribution in [2.24, 2.45) is 5.73 Å². The molecule has 1 rings (SSSR count). The summed E-state index contributed by atoms with van der Waals surface area (Å²) in [6, 6.07) is 6.06. The van der Waals surface area contributed by atoms with E-state index in [1.807, 2.05) is 0 Å². The molecule has 0 aliphatic heterocycles. The fourth-order valence-electron chi connectivity index (χ4n) is 0.976. The molecule has 0 heterocycles. The lowest BCUT2D eigenvalue weighted by molar-refractivity contribution is 0.612. The van der Waals surface area contributed by atoms with Gasteiger partial charge in [0.05, 0.1) is 0 Å². The molecule has 0 fully saturated rings. The molecular weight excluding hydrogens is 208 g/mol. The Hall–Kier alpha value is -0.930. The Morgan fingerprint density at radius 3 is 2.71 bits per heavy atom. The molecule has 0 atom stereocenters. The molecule has 0 bridgehead atoms. The summed E-state index contributed by atoms with van der Waals surface area (Å²) in [5.41, 5.74) is 5.79. The van der Waals surface area contributed by atoms with E-state index < -0.39 is 0 Å². The fourth-order valence-corrected chi connectivity index (χ4v) is 0.976. The van der Waals surface area contributed by atoms with E-state index in [2.05, 4.69) is 0 Å². The maximum Gasteiger partial charge on any atom is 0.123 e. The van der Waals surface area contributed by atoms with Crippen LogP contribution in [0.5, 0.6) is 0 Å². The van der Waals surface area contributed by atoms with Crippen LogP contribution >= 0.6 is 12.4 Å². The fraction of sp³-hybridized carbons (Fsp3) is 0.200. The van der Waals surface area contributed by atoms with Crippen molar-refractivity contribution in [3.05, 3.63) is 47.5 Å². The smallest absolute Gasteiger partial charge is 0.123 e. The van der Waals surface area contributed by atoms with Gasteiger partial charge in [0.1, 0.15) is 11.6 Å². The molecule has 0 aliphatic rings. The SMILES string of the molecule is Cl.NC/C(F)=C/Cc1cccc(F)c1. The van der Waals surface area contributed by atoms with Gasteiger partial charge in [0, 0.05) is 6.54 Å². The van der Waals surface area contributed by atoms with Crippen LogP contribution in [0.4, 0.5) is 8.78 Å². The molecule has 1 nitrogen and oxygen atoms in total. The minimum Gasteiger partial charge on any atom is -0.325 e. The molecule has 0 saturated carbocycles. The van der Waals surface area contributed by atoms with Crippen molar-refractivity contribution in [2.75, 3.05) is 6.54 Å². The van der Waals surface area contributed by atoms with Gasteiger partial charge in [0.25, 0.3) is 0 Å². The lowest BCUT2D eigenvalue weighted by Gasteiger charge is -1.96. The van der Waals surface area contributed by atoms with Crippen LogP contribution in [0.3, 0.4) is 0 Å². The summed E-state index contributed by atoms with van der Waals surface area (Å²) in [5, 5.41) is 0. The summed E-state index contributed by atoms with van der Waals surface area (Å²) >= 11 is 0. The predicted octanol–water partition coefficient (Wildman–Crippen LogP) is 2.60. The quantitative estimate of drug-likeness (QED) is 0.831. The Morgan fingerprint density at radius 2 is 2.14 bits per heavy atom. The van der Waals surface area contributed by atoms with Crippen LogP contribution < -0.4 is 5.73 Å². The zero-order valence-corrected chi connectivity index (χ0v) is 8.36.